The maximum atomic E-state index is 12.7. The van der Waals surface area contributed by atoms with Crippen molar-refractivity contribution in [2.75, 3.05) is 20.2 Å². The summed E-state index contributed by atoms with van der Waals surface area (Å²) in [5.41, 5.74) is 2.17. The molecule has 0 bridgehead atoms. The van der Waals surface area contributed by atoms with Crippen LogP contribution in [0.3, 0.4) is 0 Å². The molecule has 1 atom stereocenters. The number of benzene rings is 1. The molecule has 110 valence electrons. The number of hydrogen-bond donors (Lipinski definition) is 1. The molecule has 1 fully saturated rings. The van der Waals surface area contributed by atoms with Crippen molar-refractivity contribution in [2.24, 2.45) is 0 Å². The molecule has 1 saturated heterocycles. The summed E-state index contributed by atoms with van der Waals surface area (Å²) in [5.74, 6) is 0.669. The van der Waals surface area contributed by atoms with Gasteiger partial charge in [-0.25, -0.2) is 0 Å². The van der Waals surface area contributed by atoms with E-state index in [1.165, 1.54) is 0 Å². The van der Waals surface area contributed by atoms with Crippen LogP contribution >= 0.6 is 0 Å². The second-order valence-corrected chi connectivity index (χ2v) is 5.39. The molecular formula is C16H18N2O3. The summed E-state index contributed by atoms with van der Waals surface area (Å²) in [5, 5.41) is 10.4. The van der Waals surface area contributed by atoms with Crippen molar-refractivity contribution in [2.45, 2.75) is 19.4 Å². The predicted molar refractivity (Wildman–Crippen MR) is 79.6 cm³/mol. The zero-order valence-electron chi connectivity index (χ0n) is 12.2. The van der Waals surface area contributed by atoms with E-state index in [0.29, 0.717) is 25.1 Å². The highest BCUT2D eigenvalue weighted by atomic mass is 16.5. The van der Waals surface area contributed by atoms with Crippen molar-refractivity contribution in [3.05, 3.63) is 35.5 Å². The maximum Gasteiger partial charge on any atom is 0.254 e. The number of carbonyl (C=O) groups is 1. The number of ether oxygens (including phenoxy) is 1. The smallest absolute Gasteiger partial charge is 0.254 e. The van der Waals surface area contributed by atoms with Gasteiger partial charge in [-0.3, -0.25) is 9.78 Å². The Balaban J connectivity index is 2.07. The molecule has 0 unspecified atom stereocenters. The first-order chi connectivity index (χ1) is 10.1. The summed E-state index contributed by atoms with van der Waals surface area (Å²) in [6.07, 6.45) is 0.227. The number of amides is 1. The zero-order valence-corrected chi connectivity index (χ0v) is 12.2. The van der Waals surface area contributed by atoms with Gasteiger partial charge >= 0.3 is 0 Å². The number of fused-ring (bicyclic) bond motifs is 1. The largest absolute Gasteiger partial charge is 0.497 e. The second kappa shape index (κ2) is 5.33. The Morgan fingerprint density at radius 2 is 2.24 bits per heavy atom. The second-order valence-electron chi connectivity index (χ2n) is 5.39. The number of rotatable bonds is 2. The van der Waals surface area contributed by atoms with Gasteiger partial charge < -0.3 is 14.7 Å². The Morgan fingerprint density at radius 3 is 2.90 bits per heavy atom. The topological polar surface area (TPSA) is 62.7 Å². The molecular weight excluding hydrogens is 268 g/mol. The van der Waals surface area contributed by atoms with Gasteiger partial charge in [0.1, 0.15) is 5.75 Å². The van der Waals surface area contributed by atoms with E-state index in [2.05, 4.69) is 4.98 Å². The van der Waals surface area contributed by atoms with Crippen LogP contribution in [0.4, 0.5) is 0 Å². The highest BCUT2D eigenvalue weighted by molar-refractivity contribution is 6.06. The van der Waals surface area contributed by atoms with Crippen LogP contribution in [-0.2, 0) is 0 Å². The molecule has 21 heavy (non-hydrogen) atoms. The van der Waals surface area contributed by atoms with Gasteiger partial charge in [0.25, 0.3) is 5.91 Å². The van der Waals surface area contributed by atoms with E-state index in [4.69, 9.17) is 4.74 Å². The lowest BCUT2D eigenvalue weighted by atomic mass is 10.1. The summed E-state index contributed by atoms with van der Waals surface area (Å²) in [6.45, 7) is 2.87. The van der Waals surface area contributed by atoms with E-state index in [-0.39, 0.29) is 5.91 Å². The Hall–Kier alpha value is -2.14. The van der Waals surface area contributed by atoms with Crippen molar-refractivity contribution < 1.29 is 14.6 Å². The Kier molecular flexibility index (Phi) is 3.51. The lowest BCUT2D eigenvalue weighted by Crippen LogP contribution is -2.29. The molecule has 1 aromatic heterocycles. The molecule has 2 aromatic rings. The number of aliphatic hydroxyl groups excluding tert-OH is 1. The molecule has 1 aliphatic heterocycles. The lowest BCUT2D eigenvalue weighted by molar-refractivity contribution is 0.0766. The van der Waals surface area contributed by atoms with E-state index < -0.39 is 6.10 Å². The molecule has 5 nitrogen and oxygen atoms in total. The standard InChI is InChI=1S/C16H18N2O3/c1-10-7-14(16(20)18-6-5-11(19)9-18)13-4-3-12(21-2)8-15(13)17-10/h3-4,7-8,11,19H,5-6,9H2,1-2H3/t11-/m1/s1. The average Bonchev–Trinajstić information content (AvgIpc) is 2.91. The molecule has 1 N–H and O–H groups in total. The molecule has 0 aliphatic carbocycles. The van der Waals surface area contributed by atoms with E-state index in [9.17, 15) is 9.90 Å². The van der Waals surface area contributed by atoms with E-state index in [0.717, 1.165) is 22.3 Å². The molecule has 0 radical (unpaired) electrons. The highest BCUT2D eigenvalue weighted by Crippen LogP contribution is 2.25. The SMILES string of the molecule is COc1ccc2c(C(=O)N3CC[C@@H](O)C3)cc(C)nc2c1. The Labute approximate surface area is 123 Å². The first-order valence-electron chi connectivity index (χ1n) is 7.01. The first-order valence-corrected chi connectivity index (χ1v) is 7.01. The monoisotopic (exact) mass is 286 g/mol. The minimum absolute atomic E-state index is 0.0489. The minimum Gasteiger partial charge on any atom is -0.497 e. The van der Waals surface area contributed by atoms with Gasteiger partial charge in [0.2, 0.25) is 0 Å². The molecule has 5 heteroatoms. The number of carbonyl (C=O) groups excluding carboxylic acids is 1. The molecule has 2 heterocycles. The van der Waals surface area contributed by atoms with Gasteiger partial charge in [-0.05, 0) is 31.5 Å². The average molecular weight is 286 g/mol. The van der Waals surface area contributed by atoms with Crippen LogP contribution in [0, 0.1) is 6.92 Å². The number of aromatic nitrogens is 1. The summed E-state index contributed by atoms with van der Waals surface area (Å²) >= 11 is 0. The van der Waals surface area contributed by atoms with Crippen LogP contribution in [0.2, 0.25) is 0 Å². The summed E-state index contributed by atoms with van der Waals surface area (Å²) < 4.78 is 5.21. The molecule has 1 amide bonds. The normalized spacial score (nSPS) is 18.2. The van der Waals surface area contributed by atoms with Crippen LogP contribution < -0.4 is 4.74 Å². The van der Waals surface area contributed by atoms with Gasteiger partial charge in [-0.1, -0.05) is 0 Å². The molecule has 3 rings (SSSR count). The predicted octanol–water partition coefficient (Wildman–Crippen LogP) is 1.76. The van der Waals surface area contributed by atoms with Crippen molar-refractivity contribution in [3.8, 4) is 5.75 Å². The van der Waals surface area contributed by atoms with E-state index in [1.807, 2.05) is 31.2 Å². The summed E-state index contributed by atoms with van der Waals surface area (Å²) in [4.78, 5) is 18.8. The van der Waals surface area contributed by atoms with Gasteiger partial charge in [0.15, 0.2) is 0 Å². The van der Waals surface area contributed by atoms with Gasteiger partial charge in [0.05, 0.1) is 24.3 Å². The minimum atomic E-state index is -0.414. The number of methoxy groups -OCH3 is 1. The number of aryl methyl sites for hydroxylation is 1. The first kappa shape index (κ1) is 13.8. The number of β-amino-alcohol motifs (C(OH)–C–C–N with tert-alkyl or cyclic N) is 1. The molecule has 1 aromatic carbocycles. The van der Waals surface area contributed by atoms with Gasteiger partial charge in [-0.15, -0.1) is 0 Å². The molecule has 1 aliphatic rings. The number of likely N-dealkylation sites (tertiary alicyclic amines) is 1. The zero-order chi connectivity index (χ0) is 15.0. The molecule has 0 saturated carbocycles. The Bertz CT molecular complexity index is 699. The van der Waals surface area contributed by atoms with Crippen molar-refractivity contribution in [1.82, 2.24) is 9.88 Å². The molecule has 0 spiro atoms. The van der Waals surface area contributed by atoms with Crippen LogP contribution in [0.15, 0.2) is 24.3 Å². The van der Waals surface area contributed by atoms with Crippen LogP contribution in [0.5, 0.6) is 5.75 Å². The third-order valence-electron chi connectivity index (χ3n) is 3.83. The quantitative estimate of drug-likeness (QED) is 0.913. The van der Waals surface area contributed by atoms with Crippen molar-refractivity contribution >= 4 is 16.8 Å². The fourth-order valence-corrected chi connectivity index (χ4v) is 2.74. The summed E-state index contributed by atoms with van der Waals surface area (Å²) in [7, 11) is 1.61. The highest BCUT2D eigenvalue weighted by Gasteiger charge is 2.26. The van der Waals surface area contributed by atoms with Crippen LogP contribution in [0.25, 0.3) is 10.9 Å². The van der Waals surface area contributed by atoms with E-state index in [1.54, 1.807) is 12.0 Å². The van der Waals surface area contributed by atoms with Crippen LogP contribution in [0.1, 0.15) is 22.5 Å². The Morgan fingerprint density at radius 1 is 1.43 bits per heavy atom. The maximum absolute atomic E-state index is 12.7. The third kappa shape index (κ3) is 2.56. The number of nitrogens with zero attached hydrogens (tertiary/aromatic N) is 2. The van der Waals surface area contributed by atoms with Gasteiger partial charge in [-0.2, -0.15) is 0 Å². The number of pyridine rings is 1. The fraction of sp³-hybridized carbons (Fsp3) is 0.375. The van der Waals surface area contributed by atoms with Crippen molar-refractivity contribution in [1.29, 1.82) is 0 Å². The third-order valence-corrected chi connectivity index (χ3v) is 3.83. The van der Waals surface area contributed by atoms with Gasteiger partial charge in [0, 0.05) is 30.2 Å². The summed E-state index contributed by atoms with van der Waals surface area (Å²) in [6, 6.07) is 7.33. The fourth-order valence-electron chi connectivity index (χ4n) is 2.74. The number of aliphatic hydroxyl groups is 1. The van der Waals surface area contributed by atoms with Crippen molar-refractivity contribution in [3.63, 3.8) is 0 Å². The van der Waals surface area contributed by atoms with E-state index >= 15 is 0 Å². The van der Waals surface area contributed by atoms with Crippen LogP contribution in [-0.4, -0.2) is 47.2 Å². The number of hydrogen-bond acceptors (Lipinski definition) is 4. The lowest BCUT2D eigenvalue weighted by Gasteiger charge is -2.17.